The van der Waals surface area contributed by atoms with Gasteiger partial charge in [0.2, 0.25) is 0 Å². The quantitative estimate of drug-likeness (QED) is 0.720. The second-order valence-corrected chi connectivity index (χ2v) is 4.33. The summed E-state index contributed by atoms with van der Waals surface area (Å²) in [5.41, 5.74) is 0.114. The standard InChI is InChI=1S/C11H19NO/c1-4-7-12-10-8-9(13)5-6-11(10,2)3/h5-6,10,12H,4,7-8H2,1-3H3. The van der Waals surface area contributed by atoms with Gasteiger partial charge in [0.15, 0.2) is 5.78 Å². The summed E-state index contributed by atoms with van der Waals surface area (Å²) in [5, 5.41) is 3.42. The molecule has 0 aromatic rings. The van der Waals surface area contributed by atoms with E-state index in [2.05, 4.69) is 26.1 Å². The van der Waals surface area contributed by atoms with E-state index in [1.807, 2.05) is 6.08 Å². The number of allylic oxidation sites excluding steroid dienone is 1. The maximum Gasteiger partial charge on any atom is 0.156 e. The average molecular weight is 181 g/mol. The van der Waals surface area contributed by atoms with Crippen molar-refractivity contribution in [2.75, 3.05) is 6.54 Å². The third-order valence-corrected chi connectivity index (χ3v) is 2.64. The largest absolute Gasteiger partial charge is 0.313 e. The summed E-state index contributed by atoms with van der Waals surface area (Å²) in [5.74, 6) is 0.243. The fraction of sp³-hybridized carbons (Fsp3) is 0.727. The van der Waals surface area contributed by atoms with Crippen LogP contribution in [-0.4, -0.2) is 18.4 Å². The van der Waals surface area contributed by atoms with Crippen LogP contribution in [0.3, 0.4) is 0 Å². The topological polar surface area (TPSA) is 29.1 Å². The van der Waals surface area contributed by atoms with Crippen LogP contribution in [0.15, 0.2) is 12.2 Å². The predicted molar refractivity (Wildman–Crippen MR) is 54.6 cm³/mol. The molecule has 2 nitrogen and oxygen atoms in total. The van der Waals surface area contributed by atoms with Crippen molar-refractivity contribution in [1.29, 1.82) is 0 Å². The first kappa shape index (κ1) is 10.5. The van der Waals surface area contributed by atoms with Crippen molar-refractivity contribution in [2.24, 2.45) is 5.41 Å². The van der Waals surface area contributed by atoms with Gasteiger partial charge in [-0.15, -0.1) is 0 Å². The van der Waals surface area contributed by atoms with E-state index in [1.54, 1.807) is 6.08 Å². The number of carbonyl (C=O) groups excluding carboxylic acids is 1. The molecular formula is C11H19NO. The Bertz CT molecular complexity index is 218. The van der Waals surface area contributed by atoms with Crippen LogP contribution >= 0.6 is 0 Å². The Kier molecular flexibility index (Phi) is 3.26. The van der Waals surface area contributed by atoms with E-state index in [1.165, 1.54) is 0 Å². The van der Waals surface area contributed by atoms with Gasteiger partial charge in [0.05, 0.1) is 0 Å². The van der Waals surface area contributed by atoms with Crippen molar-refractivity contribution in [3.8, 4) is 0 Å². The molecule has 13 heavy (non-hydrogen) atoms. The average Bonchev–Trinajstić information content (AvgIpc) is 2.07. The number of hydrogen-bond donors (Lipinski definition) is 1. The van der Waals surface area contributed by atoms with Gasteiger partial charge in [-0.05, 0) is 24.5 Å². The van der Waals surface area contributed by atoms with Gasteiger partial charge in [-0.3, -0.25) is 4.79 Å². The highest BCUT2D eigenvalue weighted by Crippen LogP contribution is 2.28. The zero-order valence-corrected chi connectivity index (χ0v) is 8.76. The molecule has 2 heteroatoms. The lowest BCUT2D eigenvalue weighted by Gasteiger charge is -2.34. The lowest BCUT2D eigenvalue weighted by molar-refractivity contribution is -0.116. The third-order valence-electron chi connectivity index (χ3n) is 2.64. The second kappa shape index (κ2) is 4.05. The van der Waals surface area contributed by atoms with Crippen molar-refractivity contribution < 1.29 is 4.79 Å². The highest BCUT2D eigenvalue weighted by Gasteiger charge is 2.30. The molecule has 0 saturated heterocycles. The summed E-state index contributed by atoms with van der Waals surface area (Å²) in [4.78, 5) is 11.2. The molecule has 0 bridgehead atoms. The first-order valence-corrected chi connectivity index (χ1v) is 5.01. The van der Waals surface area contributed by atoms with Gasteiger partial charge in [-0.2, -0.15) is 0 Å². The van der Waals surface area contributed by atoms with E-state index >= 15 is 0 Å². The van der Waals surface area contributed by atoms with Crippen molar-refractivity contribution in [2.45, 2.75) is 39.7 Å². The fourth-order valence-electron chi connectivity index (χ4n) is 1.61. The van der Waals surface area contributed by atoms with Crippen molar-refractivity contribution >= 4 is 5.78 Å². The summed E-state index contributed by atoms with van der Waals surface area (Å²) in [6.07, 6.45) is 5.49. The minimum Gasteiger partial charge on any atom is -0.313 e. The Hall–Kier alpha value is -0.630. The van der Waals surface area contributed by atoms with Gasteiger partial charge in [0, 0.05) is 12.5 Å². The number of carbonyl (C=O) groups is 1. The Balaban J connectivity index is 2.61. The van der Waals surface area contributed by atoms with E-state index in [9.17, 15) is 4.79 Å². The van der Waals surface area contributed by atoms with E-state index in [0.717, 1.165) is 13.0 Å². The summed E-state index contributed by atoms with van der Waals surface area (Å²) in [7, 11) is 0. The van der Waals surface area contributed by atoms with Crippen molar-refractivity contribution in [1.82, 2.24) is 5.32 Å². The molecule has 0 spiro atoms. The SMILES string of the molecule is CCCNC1CC(=O)C=CC1(C)C. The normalized spacial score (nSPS) is 26.4. The predicted octanol–water partition coefficient (Wildman–Crippen LogP) is 1.91. The van der Waals surface area contributed by atoms with Gasteiger partial charge < -0.3 is 5.32 Å². The zero-order valence-electron chi connectivity index (χ0n) is 8.76. The fourth-order valence-corrected chi connectivity index (χ4v) is 1.61. The lowest BCUT2D eigenvalue weighted by Crippen LogP contribution is -2.44. The van der Waals surface area contributed by atoms with E-state index < -0.39 is 0 Å². The first-order chi connectivity index (χ1) is 6.06. The molecule has 0 aromatic heterocycles. The van der Waals surface area contributed by atoms with Crippen LogP contribution in [-0.2, 0) is 4.79 Å². The second-order valence-electron chi connectivity index (χ2n) is 4.33. The zero-order chi connectivity index (χ0) is 9.90. The molecule has 1 N–H and O–H groups in total. The van der Waals surface area contributed by atoms with Crippen LogP contribution in [0.5, 0.6) is 0 Å². The van der Waals surface area contributed by atoms with Gasteiger partial charge >= 0.3 is 0 Å². The summed E-state index contributed by atoms with van der Waals surface area (Å²) in [6, 6.07) is 0.310. The minimum absolute atomic E-state index is 0.114. The molecule has 1 aliphatic carbocycles. The van der Waals surface area contributed by atoms with E-state index in [0.29, 0.717) is 12.5 Å². The van der Waals surface area contributed by atoms with Crippen LogP contribution in [0.4, 0.5) is 0 Å². The Morgan fingerprint density at radius 1 is 1.62 bits per heavy atom. The summed E-state index contributed by atoms with van der Waals surface area (Å²) < 4.78 is 0. The molecule has 0 saturated carbocycles. The number of rotatable bonds is 3. The lowest BCUT2D eigenvalue weighted by atomic mass is 9.77. The molecular weight excluding hydrogens is 162 g/mol. The van der Waals surface area contributed by atoms with Gasteiger partial charge in [0.25, 0.3) is 0 Å². The third kappa shape index (κ3) is 2.66. The summed E-state index contributed by atoms with van der Waals surface area (Å²) >= 11 is 0. The van der Waals surface area contributed by atoms with Gasteiger partial charge in [-0.1, -0.05) is 26.8 Å². The molecule has 1 rings (SSSR count). The van der Waals surface area contributed by atoms with Crippen LogP contribution in [0.2, 0.25) is 0 Å². The highest BCUT2D eigenvalue weighted by atomic mass is 16.1. The van der Waals surface area contributed by atoms with E-state index in [4.69, 9.17) is 0 Å². The molecule has 0 heterocycles. The van der Waals surface area contributed by atoms with Gasteiger partial charge in [0.1, 0.15) is 0 Å². The van der Waals surface area contributed by atoms with Crippen molar-refractivity contribution in [3.05, 3.63) is 12.2 Å². The Morgan fingerprint density at radius 3 is 2.92 bits per heavy atom. The Morgan fingerprint density at radius 2 is 2.31 bits per heavy atom. The molecule has 74 valence electrons. The van der Waals surface area contributed by atoms with Crippen molar-refractivity contribution in [3.63, 3.8) is 0 Å². The molecule has 0 radical (unpaired) electrons. The first-order valence-electron chi connectivity index (χ1n) is 5.01. The van der Waals surface area contributed by atoms with Crippen LogP contribution < -0.4 is 5.32 Å². The van der Waals surface area contributed by atoms with Crippen LogP contribution in [0.1, 0.15) is 33.6 Å². The van der Waals surface area contributed by atoms with Crippen LogP contribution in [0.25, 0.3) is 0 Å². The van der Waals surface area contributed by atoms with Gasteiger partial charge in [-0.25, -0.2) is 0 Å². The number of ketones is 1. The van der Waals surface area contributed by atoms with E-state index in [-0.39, 0.29) is 11.2 Å². The molecule has 0 aliphatic heterocycles. The molecule has 0 aromatic carbocycles. The summed E-state index contributed by atoms with van der Waals surface area (Å²) in [6.45, 7) is 7.47. The van der Waals surface area contributed by atoms with Crippen LogP contribution in [0, 0.1) is 5.41 Å². The Labute approximate surface area is 80.4 Å². The molecule has 1 unspecified atom stereocenters. The monoisotopic (exact) mass is 181 g/mol. The number of hydrogen-bond acceptors (Lipinski definition) is 2. The minimum atomic E-state index is 0.114. The maximum absolute atomic E-state index is 11.2. The highest BCUT2D eigenvalue weighted by molar-refractivity contribution is 5.91. The smallest absolute Gasteiger partial charge is 0.156 e. The molecule has 1 aliphatic rings. The maximum atomic E-state index is 11.2. The molecule has 0 amide bonds. The molecule has 1 atom stereocenters. The molecule has 0 fully saturated rings. The number of nitrogens with one attached hydrogen (secondary N) is 1.